The Kier molecular flexibility index (Phi) is 2.86. The van der Waals surface area contributed by atoms with E-state index in [1.807, 2.05) is 30.3 Å². The Labute approximate surface area is 100 Å². The number of hydrogen-bond acceptors (Lipinski definition) is 3. The highest BCUT2D eigenvalue weighted by Gasteiger charge is 2.53. The molecule has 2 rings (SSSR count). The van der Waals surface area contributed by atoms with Crippen molar-refractivity contribution in [3.05, 3.63) is 54.3 Å². The lowest BCUT2D eigenvalue weighted by molar-refractivity contribution is -0.135. The van der Waals surface area contributed by atoms with Gasteiger partial charge in [-0.25, -0.2) is 0 Å². The van der Waals surface area contributed by atoms with Crippen molar-refractivity contribution >= 4 is 11.4 Å². The van der Waals surface area contributed by atoms with Crippen LogP contribution in [0.1, 0.15) is 12.0 Å². The molecule has 0 amide bonds. The molecule has 1 N–H and O–H groups in total. The van der Waals surface area contributed by atoms with E-state index in [2.05, 4.69) is 6.58 Å². The first-order chi connectivity index (χ1) is 8.15. The molecule has 1 atom stereocenters. The van der Waals surface area contributed by atoms with Crippen molar-refractivity contribution in [2.75, 3.05) is 7.11 Å². The van der Waals surface area contributed by atoms with Gasteiger partial charge in [-0.05, 0) is 5.56 Å². The number of aliphatic hydroxyl groups is 1. The highest BCUT2D eigenvalue weighted by Crippen LogP contribution is 2.43. The first kappa shape index (κ1) is 11.6. The monoisotopic (exact) mass is 230 g/mol. The molecule has 1 unspecified atom stereocenters. The van der Waals surface area contributed by atoms with Gasteiger partial charge in [-0.15, -0.1) is 6.58 Å². The average molecular weight is 230 g/mol. The lowest BCUT2D eigenvalue weighted by Gasteiger charge is -2.37. The zero-order valence-electron chi connectivity index (χ0n) is 9.64. The fraction of sp³-hybridized carbons (Fsp3) is 0.214. The summed E-state index contributed by atoms with van der Waals surface area (Å²) in [5, 5.41) is 10.2. The van der Waals surface area contributed by atoms with E-state index in [1.165, 1.54) is 13.2 Å². The molecule has 0 aliphatic heterocycles. The third-order valence-electron chi connectivity index (χ3n) is 2.91. The van der Waals surface area contributed by atoms with Crippen LogP contribution in [0.4, 0.5) is 0 Å². The van der Waals surface area contributed by atoms with Crippen molar-refractivity contribution in [1.82, 2.24) is 0 Å². The zero-order valence-corrected chi connectivity index (χ0v) is 9.64. The zero-order chi connectivity index (χ0) is 12.5. The molecule has 1 aliphatic carbocycles. The quantitative estimate of drug-likeness (QED) is 0.804. The van der Waals surface area contributed by atoms with E-state index in [0.29, 0.717) is 11.3 Å². The third-order valence-corrected chi connectivity index (χ3v) is 2.91. The molecule has 1 aliphatic rings. The lowest BCUT2D eigenvalue weighted by atomic mass is 9.73. The van der Waals surface area contributed by atoms with E-state index in [0.717, 1.165) is 5.56 Å². The van der Waals surface area contributed by atoms with Crippen molar-refractivity contribution in [3.63, 3.8) is 0 Å². The fourth-order valence-corrected chi connectivity index (χ4v) is 2.09. The van der Waals surface area contributed by atoms with Crippen molar-refractivity contribution in [2.24, 2.45) is 0 Å². The van der Waals surface area contributed by atoms with Crippen LogP contribution < -0.4 is 0 Å². The van der Waals surface area contributed by atoms with E-state index >= 15 is 0 Å². The van der Waals surface area contributed by atoms with Gasteiger partial charge in [-0.3, -0.25) is 4.79 Å². The van der Waals surface area contributed by atoms with E-state index in [1.54, 1.807) is 0 Å². The summed E-state index contributed by atoms with van der Waals surface area (Å²) in [6.45, 7) is 3.54. The predicted molar refractivity (Wildman–Crippen MR) is 65.1 cm³/mol. The van der Waals surface area contributed by atoms with Crippen LogP contribution in [0.2, 0.25) is 0 Å². The highest BCUT2D eigenvalue weighted by atomic mass is 16.5. The standard InChI is InChI=1S/C14H14O3/c1-3-9-14(16)12(15)11(13(14)17-2)10-7-5-4-6-8-10/h3-8,16H,1,9H2,2H3. The Hall–Kier alpha value is -1.87. The highest BCUT2D eigenvalue weighted by molar-refractivity contribution is 6.33. The molecule has 3 nitrogen and oxygen atoms in total. The van der Waals surface area contributed by atoms with Gasteiger partial charge in [-0.2, -0.15) is 0 Å². The summed E-state index contributed by atoms with van der Waals surface area (Å²) >= 11 is 0. The van der Waals surface area contributed by atoms with Crippen molar-refractivity contribution < 1.29 is 14.6 Å². The third kappa shape index (κ3) is 1.59. The minimum atomic E-state index is -1.53. The van der Waals surface area contributed by atoms with Crippen LogP contribution in [0.15, 0.2) is 48.7 Å². The molecule has 0 bridgehead atoms. The average Bonchev–Trinajstić information content (AvgIpc) is 2.36. The molecule has 0 saturated heterocycles. The van der Waals surface area contributed by atoms with E-state index in [4.69, 9.17) is 4.74 Å². The minimum absolute atomic E-state index is 0.172. The first-order valence-corrected chi connectivity index (χ1v) is 5.37. The molecule has 1 aromatic rings. The van der Waals surface area contributed by atoms with Crippen LogP contribution >= 0.6 is 0 Å². The minimum Gasteiger partial charge on any atom is -0.497 e. The molecule has 3 heteroatoms. The van der Waals surface area contributed by atoms with Gasteiger partial charge in [-0.1, -0.05) is 36.4 Å². The summed E-state index contributed by atoms with van der Waals surface area (Å²) in [6, 6.07) is 9.19. The number of carbonyl (C=O) groups is 1. The van der Waals surface area contributed by atoms with Gasteiger partial charge < -0.3 is 9.84 Å². The number of Topliss-reactive ketones (excluding diaryl/α,β-unsaturated/α-hetero) is 1. The summed E-state index contributed by atoms with van der Waals surface area (Å²) in [5.74, 6) is 0.0223. The Morgan fingerprint density at radius 2 is 2.06 bits per heavy atom. The molecular formula is C14H14O3. The Bertz CT molecular complexity index is 487. The number of benzene rings is 1. The van der Waals surface area contributed by atoms with Gasteiger partial charge in [0.25, 0.3) is 0 Å². The van der Waals surface area contributed by atoms with E-state index in [-0.39, 0.29) is 12.2 Å². The Morgan fingerprint density at radius 3 is 2.59 bits per heavy atom. The maximum Gasteiger partial charge on any atom is 0.206 e. The van der Waals surface area contributed by atoms with E-state index in [9.17, 15) is 9.90 Å². The first-order valence-electron chi connectivity index (χ1n) is 5.37. The molecule has 0 radical (unpaired) electrons. The number of hydrogen-bond donors (Lipinski definition) is 1. The summed E-state index contributed by atoms with van der Waals surface area (Å²) in [7, 11) is 1.46. The van der Waals surface area contributed by atoms with Crippen molar-refractivity contribution in [3.8, 4) is 0 Å². The van der Waals surface area contributed by atoms with Gasteiger partial charge in [0, 0.05) is 6.42 Å². The fourth-order valence-electron chi connectivity index (χ4n) is 2.09. The van der Waals surface area contributed by atoms with Gasteiger partial charge >= 0.3 is 0 Å². The second kappa shape index (κ2) is 4.18. The van der Waals surface area contributed by atoms with Crippen molar-refractivity contribution in [2.45, 2.75) is 12.0 Å². The molecule has 17 heavy (non-hydrogen) atoms. The molecule has 88 valence electrons. The normalized spacial score (nSPS) is 23.3. The van der Waals surface area contributed by atoms with Crippen LogP contribution in [0.5, 0.6) is 0 Å². The SMILES string of the molecule is C=CCC1(O)C(=O)C(c2ccccc2)=C1OC. The van der Waals surface area contributed by atoms with Crippen LogP contribution in [0, 0.1) is 0 Å². The predicted octanol–water partition coefficient (Wildman–Crippen LogP) is 1.93. The lowest BCUT2D eigenvalue weighted by Crippen LogP contribution is -2.50. The number of rotatable bonds is 4. The second-order valence-electron chi connectivity index (χ2n) is 3.96. The van der Waals surface area contributed by atoms with Gasteiger partial charge in [0.15, 0.2) is 5.60 Å². The summed E-state index contributed by atoms with van der Waals surface area (Å²) in [5.41, 5.74) is -0.303. The van der Waals surface area contributed by atoms with Gasteiger partial charge in [0.05, 0.1) is 12.7 Å². The molecule has 0 aromatic heterocycles. The molecule has 1 aromatic carbocycles. The summed E-state index contributed by atoms with van der Waals surface area (Å²) < 4.78 is 5.15. The summed E-state index contributed by atoms with van der Waals surface area (Å²) in [6.07, 6.45) is 1.68. The second-order valence-corrected chi connectivity index (χ2v) is 3.96. The number of ketones is 1. The number of carbonyl (C=O) groups excluding carboxylic acids is 1. The largest absolute Gasteiger partial charge is 0.497 e. The number of methoxy groups -OCH3 is 1. The smallest absolute Gasteiger partial charge is 0.206 e. The van der Waals surface area contributed by atoms with Crippen LogP contribution in [-0.2, 0) is 9.53 Å². The maximum atomic E-state index is 12.0. The van der Waals surface area contributed by atoms with E-state index < -0.39 is 5.60 Å². The molecule has 0 spiro atoms. The molecule has 0 saturated carbocycles. The Balaban J connectivity index is 2.48. The van der Waals surface area contributed by atoms with Crippen LogP contribution in [0.25, 0.3) is 5.57 Å². The topological polar surface area (TPSA) is 46.5 Å². The van der Waals surface area contributed by atoms with Crippen molar-refractivity contribution in [1.29, 1.82) is 0 Å². The molecular weight excluding hydrogens is 216 g/mol. The van der Waals surface area contributed by atoms with Crippen LogP contribution in [-0.4, -0.2) is 23.6 Å². The maximum absolute atomic E-state index is 12.0. The summed E-state index contributed by atoms with van der Waals surface area (Å²) in [4.78, 5) is 12.0. The van der Waals surface area contributed by atoms with Gasteiger partial charge in [0.1, 0.15) is 5.76 Å². The van der Waals surface area contributed by atoms with Crippen LogP contribution in [0.3, 0.4) is 0 Å². The molecule has 0 fully saturated rings. The Morgan fingerprint density at radius 1 is 1.41 bits per heavy atom. The van der Waals surface area contributed by atoms with Gasteiger partial charge in [0.2, 0.25) is 5.78 Å². The number of ether oxygens (including phenoxy) is 1. The molecule has 0 heterocycles.